The minimum absolute atomic E-state index is 0.259. The number of hydrogen-bond donors (Lipinski definition) is 1. The predicted molar refractivity (Wildman–Crippen MR) is 126 cm³/mol. The summed E-state index contributed by atoms with van der Waals surface area (Å²) in [6.07, 6.45) is 2.83. The molecule has 1 amide bonds. The van der Waals surface area contributed by atoms with Crippen LogP contribution in [0.1, 0.15) is 35.3 Å². The van der Waals surface area contributed by atoms with E-state index in [0.717, 1.165) is 30.3 Å². The maximum absolute atomic E-state index is 13.0. The predicted octanol–water partition coefficient (Wildman–Crippen LogP) is 3.30. The third kappa shape index (κ3) is 4.43. The Morgan fingerprint density at radius 3 is 2.48 bits per heavy atom. The first-order valence-electron chi connectivity index (χ1n) is 10.9. The van der Waals surface area contributed by atoms with Crippen molar-refractivity contribution < 1.29 is 22.7 Å². The number of ether oxygens (including phenoxy) is 2. The number of carbonyl (C=O) groups excluding carboxylic acids is 1. The van der Waals surface area contributed by atoms with Crippen LogP contribution in [0.15, 0.2) is 47.4 Å². The van der Waals surface area contributed by atoms with Crippen molar-refractivity contribution in [3.8, 4) is 11.5 Å². The van der Waals surface area contributed by atoms with Crippen molar-refractivity contribution in [1.82, 2.24) is 14.2 Å². The fourth-order valence-electron chi connectivity index (χ4n) is 4.32. The molecule has 1 aliphatic rings. The lowest BCUT2D eigenvalue weighted by Gasteiger charge is -2.25. The molecule has 176 valence electrons. The van der Waals surface area contributed by atoms with Crippen LogP contribution >= 0.6 is 0 Å². The van der Waals surface area contributed by atoms with Crippen LogP contribution in [-0.2, 0) is 23.6 Å². The highest BCUT2D eigenvalue weighted by Crippen LogP contribution is 2.31. The molecule has 2 heterocycles. The van der Waals surface area contributed by atoms with Crippen LogP contribution in [0.2, 0.25) is 0 Å². The van der Waals surface area contributed by atoms with Gasteiger partial charge in [-0.1, -0.05) is 18.6 Å². The first-order valence-corrected chi connectivity index (χ1v) is 12.4. The quantitative estimate of drug-likeness (QED) is 0.571. The Hall–Kier alpha value is -3.04. The van der Waals surface area contributed by atoms with Crippen molar-refractivity contribution in [3.63, 3.8) is 0 Å². The summed E-state index contributed by atoms with van der Waals surface area (Å²) in [6.45, 7) is 1.36. The van der Waals surface area contributed by atoms with Crippen LogP contribution in [-0.4, -0.2) is 50.5 Å². The van der Waals surface area contributed by atoms with E-state index in [1.807, 2.05) is 12.1 Å². The van der Waals surface area contributed by atoms with E-state index in [2.05, 4.69) is 5.32 Å². The summed E-state index contributed by atoms with van der Waals surface area (Å²) in [6, 6.07) is 12.3. The van der Waals surface area contributed by atoms with E-state index in [-0.39, 0.29) is 17.3 Å². The molecule has 4 rings (SSSR count). The first-order chi connectivity index (χ1) is 15.9. The highest BCUT2D eigenvalue weighted by Gasteiger charge is 2.26. The van der Waals surface area contributed by atoms with Crippen molar-refractivity contribution in [2.24, 2.45) is 7.05 Å². The zero-order chi connectivity index (χ0) is 23.6. The molecule has 0 radical (unpaired) electrons. The second kappa shape index (κ2) is 9.44. The molecular weight excluding hydrogens is 442 g/mol. The highest BCUT2D eigenvalue weighted by molar-refractivity contribution is 7.89. The third-order valence-corrected chi connectivity index (χ3v) is 8.02. The zero-order valence-corrected chi connectivity index (χ0v) is 19.9. The monoisotopic (exact) mass is 471 g/mol. The third-order valence-electron chi connectivity index (χ3n) is 6.12. The van der Waals surface area contributed by atoms with E-state index in [4.69, 9.17) is 9.47 Å². The van der Waals surface area contributed by atoms with Crippen molar-refractivity contribution in [2.75, 3.05) is 27.3 Å². The van der Waals surface area contributed by atoms with E-state index in [9.17, 15) is 13.2 Å². The molecule has 1 N–H and O–H groups in total. The molecule has 33 heavy (non-hydrogen) atoms. The number of carbonyl (C=O) groups is 1. The number of fused-ring (bicyclic) bond motifs is 1. The van der Waals surface area contributed by atoms with Gasteiger partial charge >= 0.3 is 0 Å². The van der Waals surface area contributed by atoms with Gasteiger partial charge in [-0.25, -0.2) is 8.42 Å². The summed E-state index contributed by atoms with van der Waals surface area (Å²) in [4.78, 5) is 13.2. The average Bonchev–Trinajstić information content (AvgIpc) is 3.18. The van der Waals surface area contributed by atoms with Gasteiger partial charge in [-0.15, -0.1) is 0 Å². The number of aromatic nitrogens is 1. The van der Waals surface area contributed by atoms with Gasteiger partial charge in [0.25, 0.3) is 5.91 Å². The van der Waals surface area contributed by atoms with E-state index < -0.39 is 10.0 Å². The molecule has 1 aliphatic heterocycles. The first kappa shape index (κ1) is 23.1. The number of nitrogens with zero attached hydrogens (tertiary/aromatic N) is 2. The summed E-state index contributed by atoms with van der Waals surface area (Å²) in [5.74, 6) is 0.903. The average molecular weight is 472 g/mol. The van der Waals surface area contributed by atoms with Crippen LogP contribution < -0.4 is 14.8 Å². The van der Waals surface area contributed by atoms with Gasteiger partial charge in [0.1, 0.15) is 5.69 Å². The number of piperidine rings is 1. The number of nitrogens with one attached hydrogen (secondary N) is 1. The number of rotatable bonds is 7. The molecule has 1 fully saturated rings. The lowest BCUT2D eigenvalue weighted by Crippen LogP contribution is -2.35. The van der Waals surface area contributed by atoms with Crippen LogP contribution in [0.5, 0.6) is 11.5 Å². The van der Waals surface area contributed by atoms with E-state index in [1.165, 1.54) is 0 Å². The van der Waals surface area contributed by atoms with Gasteiger partial charge in [-0.3, -0.25) is 4.79 Å². The highest BCUT2D eigenvalue weighted by atomic mass is 32.2. The maximum atomic E-state index is 13.0. The van der Waals surface area contributed by atoms with Gasteiger partial charge in [-0.2, -0.15) is 4.31 Å². The summed E-state index contributed by atoms with van der Waals surface area (Å²) < 4.78 is 40.2. The fraction of sp³-hybridized carbons (Fsp3) is 0.375. The Morgan fingerprint density at radius 1 is 1.03 bits per heavy atom. The second-order valence-electron chi connectivity index (χ2n) is 8.11. The van der Waals surface area contributed by atoms with Gasteiger partial charge in [-0.05, 0) is 43.2 Å². The van der Waals surface area contributed by atoms with E-state index in [1.54, 1.807) is 60.5 Å². The summed E-state index contributed by atoms with van der Waals surface area (Å²) in [7, 11) is 1.38. The topological polar surface area (TPSA) is 89.9 Å². The van der Waals surface area contributed by atoms with Gasteiger partial charge in [0, 0.05) is 43.1 Å². The van der Waals surface area contributed by atoms with Crippen molar-refractivity contribution >= 4 is 26.8 Å². The number of sulfonamides is 1. The summed E-state index contributed by atoms with van der Waals surface area (Å²) >= 11 is 0. The minimum Gasteiger partial charge on any atom is -0.493 e. The van der Waals surface area contributed by atoms with Crippen LogP contribution in [0.3, 0.4) is 0 Å². The summed E-state index contributed by atoms with van der Waals surface area (Å²) in [5, 5.41) is 3.63. The molecule has 9 heteroatoms. The number of aryl methyl sites for hydroxylation is 1. The molecule has 0 saturated carbocycles. The van der Waals surface area contributed by atoms with Gasteiger partial charge in [0.15, 0.2) is 11.5 Å². The number of benzene rings is 2. The standard InChI is InChI=1S/C24H29N3O5S/c1-26-20-11-10-19(33(29,30)27-12-5-4-6-13-27)14-18(20)15-21(26)24(28)25-16-17-8-7-9-22(31-2)23(17)32-3/h7-11,14-15H,4-6,12-13,16H2,1-3H3,(H,25,28). The van der Waals surface area contributed by atoms with Crippen LogP contribution in [0.25, 0.3) is 10.9 Å². The Labute approximate surface area is 194 Å². The Balaban J connectivity index is 1.57. The molecule has 8 nitrogen and oxygen atoms in total. The SMILES string of the molecule is COc1cccc(CNC(=O)c2cc3cc(S(=O)(=O)N4CCCCC4)ccc3n2C)c1OC. The summed E-state index contributed by atoms with van der Waals surface area (Å²) in [5.41, 5.74) is 2.02. The van der Waals surface area contributed by atoms with Gasteiger partial charge < -0.3 is 19.4 Å². The number of amides is 1. The Morgan fingerprint density at radius 2 is 1.79 bits per heavy atom. The molecule has 0 unspecified atom stereocenters. The number of methoxy groups -OCH3 is 2. The normalized spacial score (nSPS) is 14.9. The molecule has 0 bridgehead atoms. The van der Waals surface area contributed by atoms with Crippen molar-refractivity contribution in [3.05, 3.63) is 53.7 Å². The molecule has 1 aromatic heterocycles. The van der Waals surface area contributed by atoms with Gasteiger partial charge in [0.2, 0.25) is 10.0 Å². The lowest BCUT2D eigenvalue weighted by atomic mass is 10.2. The van der Waals surface area contributed by atoms with Gasteiger partial charge in [0.05, 0.1) is 19.1 Å². The maximum Gasteiger partial charge on any atom is 0.268 e. The lowest BCUT2D eigenvalue weighted by molar-refractivity contribution is 0.0943. The van der Waals surface area contributed by atoms with Crippen LogP contribution in [0, 0.1) is 0 Å². The Kier molecular flexibility index (Phi) is 6.62. The number of para-hydroxylation sites is 1. The van der Waals surface area contributed by atoms with Crippen molar-refractivity contribution in [2.45, 2.75) is 30.7 Å². The number of hydrogen-bond acceptors (Lipinski definition) is 5. The molecule has 0 spiro atoms. The Bertz CT molecular complexity index is 1280. The molecule has 0 aliphatic carbocycles. The second-order valence-corrected chi connectivity index (χ2v) is 10.0. The molecule has 0 atom stereocenters. The van der Waals surface area contributed by atoms with Crippen molar-refractivity contribution in [1.29, 1.82) is 0 Å². The molecule has 3 aromatic rings. The molecular formula is C24H29N3O5S. The van der Waals surface area contributed by atoms with E-state index in [0.29, 0.717) is 35.7 Å². The fourth-order valence-corrected chi connectivity index (χ4v) is 5.87. The van der Waals surface area contributed by atoms with E-state index >= 15 is 0 Å². The minimum atomic E-state index is -3.54. The van der Waals surface area contributed by atoms with Crippen LogP contribution in [0.4, 0.5) is 0 Å². The largest absolute Gasteiger partial charge is 0.493 e. The molecule has 2 aromatic carbocycles. The molecule has 1 saturated heterocycles. The smallest absolute Gasteiger partial charge is 0.268 e. The zero-order valence-electron chi connectivity index (χ0n) is 19.1.